The van der Waals surface area contributed by atoms with E-state index in [2.05, 4.69) is 11.2 Å². The van der Waals surface area contributed by atoms with Crippen LogP contribution in [0, 0.1) is 11.8 Å². The molecule has 82 valence electrons. The van der Waals surface area contributed by atoms with Gasteiger partial charge in [0.2, 0.25) is 0 Å². The molecule has 0 aromatic rings. The largest absolute Gasteiger partial charge is 0.481 e. The Balaban J connectivity index is 2.28. The van der Waals surface area contributed by atoms with Crippen LogP contribution in [0.1, 0.15) is 13.3 Å². The van der Waals surface area contributed by atoms with Crippen molar-refractivity contribution in [3.63, 3.8) is 0 Å². The minimum atomic E-state index is -0.634. The number of carboxylic acid groups (broad SMARTS) is 1. The summed E-state index contributed by atoms with van der Waals surface area (Å²) >= 11 is 1.85. The normalized spacial score (nSPS) is 28.1. The van der Waals surface area contributed by atoms with Gasteiger partial charge in [0.05, 0.1) is 5.92 Å². The first kappa shape index (κ1) is 11.9. The Kier molecular flexibility index (Phi) is 4.75. The monoisotopic (exact) mass is 217 g/mol. The molecule has 1 aliphatic heterocycles. The number of carbonyl (C=O) groups is 1. The fourth-order valence-electron chi connectivity index (χ4n) is 2.00. The molecular weight excluding hydrogens is 198 g/mol. The molecule has 4 heteroatoms. The fourth-order valence-corrected chi connectivity index (χ4v) is 2.42. The van der Waals surface area contributed by atoms with Crippen LogP contribution in [0.3, 0.4) is 0 Å². The molecule has 0 amide bonds. The average Bonchev–Trinajstić information content (AvgIpc) is 2.47. The van der Waals surface area contributed by atoms with Crippen molar-refractivity contribution in [2.45, 2.75) is 13.3 Å². The van der Waals surface area contributed by atoms with Crippen LogP contribution in [0.25, 0.3) is 0 Å². The Morgan fingerprint density at radius 2 is 2.29 bits per heavy atom. The molecule has 0 aliphatic carbocycles. The Labute approximate surface area is 89.9 Å². The highest BCUT2D eigenvalue weighted by molar-refractivity contribution is 7.98. The lowest BCUT2D eigenvalue weighted by Gasteiger charge is -2.14. The zero-order valence-corrected chi connectivity index (χ0v) is 9.72. The third kappa shape index (κ3) is 3.17. The van der Waals surface area contributed by atoms with Crippen LogP contribution in [0.5, 0.6) is 0 Å². The van der Waals surface area contributed by atoms with E-state index < -0.39 is 5.97 Å². The maximum Gasteiger partial charge on any atom is 0.308 e. The zero-order chi connectivity index (χ0) is 10.6. The second-order valence-corrected chi connectivity index (χ2v) is 5.01. The molecule has 1 rings (SSSR count). The average molecular weight is 217 g/mol. The van der Waals surface area contributed by atoms with Crippen molar-refractivity contribution in [2.24, 2.45) is 11.8 Å². The Morgan fingerprint density at radius 1 is 1.57 bits per heavy atom. The molecule has 0 aromatic heterocycles. The SMILES string of the molecule is CSCCCN1C[C@@H](C)[C@H](C(=O)O)C1. The number of nitrogens with zero attached hydrogens (tertiary/aromatic N) is 1. The maximum atomic E-state index is 10.9. The first-order chi connectivity index (χ1) is 6.65. The highest BCUT2D eigenvalue weighted by Crippen LogP contribution is 2.23. The predicted octanol–water partition coefficient (Wildman–Crippen LogP) is 1.39. The van der Waals surface area contributed by atoms with Crippen molar-refractivity contribution in [1.82, 2.24) is 4.90 Å². The van der Waals surface area contributed by atoms with E-state index in [1.807, 2.05) is 18.7 Å². The van der Waals surface area contributed by atoms with Crippen LogP contribution in [-0.4, -0.2) is 47.6 Å². The Morgan fingerprint density at radius 3 is 2.79 bits per heavy atom. The molecule has 0 aromatic carbocycles. The second-order valence-electron chi connectivity index (χ2n) is 4.03. The topological polar surface area (TPSA) is 40.5 Å². The summed E-state index contributed by atoms with van der Waals surface area (Å²) < 4.78 is 0. The second kappa shape index (κ2) is 5.61. The number of hydrogen-bond donors (Lipinski definition) is 1. The van der Waals surface area contributed by atoms with Gasteiger partial charge in [-0.05, 0) is 30.9 Å². The third-order valence-corrected chi connectivity index (χ3v) is 3.52. The first-order valence-electron chi connectivity index (χ1n) is 5.09. The van der Waals surface area contributed by atoms with Gasteiger partial charge in [-0.3, -0.25) is 4.79 Å². The van der Waals surface area contributed by atoms with E-state index in [0.717, 1.165) is 19.6 Å². The molecule has 0 unspecified atom stereocenters. The van der Waals surface area contributed by atoms with Crippen molar-refractivity contribution in [3.05, 3.63) is 0 Å². The summed E-state index contributed by atoms with van der Waals surface area (Å²) in [6.45, 7) is 4.78. The van der Waals surface area contributed by atoms with Gasteiger partial charge in [-0.15, -0.1) is 0 Å². The quantitative estimate of drug-likeness (QED) is 0.707. The molecule has 14 heavy (non-hydrogen) atoms. The van der Waals surface area contributed by atoms with Gasteiger partial charge in [0, 0.05) is 13.1 Å². The van der Waals surface area contributed by atoms with Crippen LogP contribution in [-0.2, 0) is 4.79 Å². The summed E-state index contributed by atoms with van der Waals surface area (Å²) in [7, 11) is 0. The third-order valence-electron chi connectivity index (χ3n) is 2.83. The lowest BCUT2D eigenvalue weighted by molar-refractivity contribution is -0.142. The molecular formula is C10H19NO2S. The molecule has 0 bridgehead atoms. The van der Waals surface area contributed by atoms with Gasteiger partial charge in [-0.2, -0.15) is 11.8 Å². The van der Waals surface area contributed by atoms with Crippen molar-refractivity contribution in [3.8, 4) is 0 Å². The Hall–Kier alpha value is -0.220. The van der Waals surface area contributed by atoms with Crippen LogP contribution in [0.4, 0.5) is 0 Å². The molecule has 0 spiro atoms. The summed E-state index contributed by atoms with van der Waals surface area (Å²) in [5.41, 5.74) is 0. The highest BCUT2D eigenvalue weighted by atomic mass is 32.2. The molecule has 1 saturated heterocycles. The number of likely N-dealkylation sites (tertiary alicyclic amines) is 1. The molecule has 0 saturated carbocycles. The summed E-state index contributed by atoms with van der Waals surface area (Å²) in [6.07, 6.45) is 3.27. The zero-order valence-electron chi connectivity index (χ0n) is 8.90. The van der Waals surface area contributed by atoms with E-state index in [1.54, 1.807) is 0 Å². The van der Waals surface area contributed by atoms with E-state index in [1.165, 1.54) is 12.2 Å². The number of thioether (sulfide) groups is 1. The van der Waals surface area contributed by atoms with Crippen molar-refractivity contribution < 1.29 is 9.90 Å². The van der Waals surface area contributed by atoms with Crippen LogP contribution >= 0.6 is 11.8 Å². The minimum absolute atomic E-state index is 0.149. The number of hydrogen-bond acceptors (Lipinski definition) is 3. The van der Waals surface area contributed by atoms with Gasteiger partial charge in [-0.25, -0.2) is 0 Å². The van der Waals surface area contributed by atoms with Crippen molar-refractivity contribution in [1.29, 1.82) is 0 Å². The molecule has 1 fully saturated rings. The number of aliphatic carboxylic acids is 1. The van der Waals surface area contributed by atoms with Crippen LogP contribution < -0.4 is 0 Å². The van der Waals surface area contributed by atoms with Gasteiger partial charge in [0.15, 0.2) is 0 Å². The molecule has 3 nitrogen and oxygen atoms in total. The van der Waals surface area contributed by atoms with Crippen LogP contribution in [0.2, 0.25) is 0 Å². The molecule has 1 aliphatic rings. The fraction of sp³-hybridized carbons (Fsp3) is 0.900. The van der Waals surface area contributed by atoms with Gasteiger partial charge >= 0.3 is 5.97 Å². The summed E-state index contributed by atoms with van der Waals surface area (Å²) in [6, 6.07) is 0. The standard InChI is InChI=1S/C10H19NO2S/c1-8-6-11(4-3-5-14-2)7-9(8)10(12)13/h8-9H,3-7H2,1-2H3,(H,12,13)/t8-,9-/m1/s1. The highest BCUT2D eigenvalue weighted by Gasteiger charge is 2.33. The molecule has 2 atom stereocenters. The summed E-state index contributed by atoms with van der Waals surface area (Å²) in [5, 5.41) is 8.94. The lowest BCUT2D eigenvalue weighted by atomic mass is 9.99. The van der Waals surface area contributed by atoms with Crippen LogP contribution in [0.15, 0.2) is 0 Å². The van der Waals surface area contributed by atoms with E-state index in [9.17, 15) is 4.79 Å². The molecule has 0 radical (unpaired) electrons. The van der Waals surface area contributed by atoms with Gasteiger partial charge < -0.3 is 10.0 Å². The van der Waals surface area contributed by atoms with E-state index in [4.69, 9.17) is 5.11 Å². The van der Waals surface area contributed by atoms with Gasteiger partial charge in [-0.1, -0.05) is 6.92 Å². The van der Waals surface area contributed by atoms with E-state index in [0.29, 0.717) is 5.92 Å². The number of carboxylic acids is 1. The predicted molar refractivity (Wildman–Crippen MR) is 59.7 cm³/mol. The smallest absolute Gasteiger partial charge is 0.308 e. The van der Waals surface area contributed by atoms with Crippen molar-refractivity contribution >= 4 is 17.7 Å². The number of rotatable bonds is 5. The maximum absolute atomic E-state index is 10.9. The van der Waals surface area contributed by atoms with E-state index in [-0.39, 0.29) is 5.92 Å². The molecule has 1 N–H and O–H groups in total. The van der Waals surface area contributed by atoms with Gasteiger partial charge in [0.25, 0.3) is 0 Å². The summed E-state index contributed by atoms with van der Waals surface area (Å²) in [4.78, 5) is 13.1. The van der Waals surface area contributed by atoms with E-state index >= 15 is 0 Å². The van der Waals surface area contributed by atoms with Gasteiger partial charge in [0.1, 0.15) is 0 Å². The first-order valence-corrected chi connectivity index (χ1v) is 6.48. The summed E-state index contributed by atoms with van der Waals surface area (Å²) in [5.74, 6) is 0.693. The molecule has 1 heterocycles. The minimum Gasteiger partial charge on any atom is -0.481 e. The van der Waals surface area contributed by atoms with Crippen molar-refractivity contribution in [2.75, 3.05) is 31.6 Å². The Bertz CT molecular complexity index is 199. The lowest BCUT2D eigenvalue weighted by Crippen LogP contribution is -2.24.